The number of hydrogen-bond donors (Lipinski definition) is 3. The summed E-state index contributed by atoms with van der Waals surface area (Å²) < 4.78 is 55.1. The van der Waals surface area contributed by atoms with Crippen molar-refractivity contribution in [1.29, 1.82) is 0 Å². The van der Waals surface area contributed by atoms with E-state index in [1.165, 1.54) is 30.3 Å². The fourth-order valence-corrected chi connectivity index (χ4v) is 4.60. The maximum atomic E-state index is 13.9. The van der Waals surface area contributed by atoms with E-state index >= 15 is 0 Å². The average molecular weight is 531 g/mol. The predicted octanol–water partition coefficient (Wildman–Crippen LogP) is 6.13. The molecule has 3 aromatic carbocycles. The van der Waals surface area contributed by atoms with Crippen molar-refractivity contribution in [3.8, 4) is 0 Å². The van der Waals surface area contributed by atoms with Gasteiger partial charge in [0.2, 0.25) is 0 Å². The highest BCUT2D eigenvalue weighted by Crippen LogP contribution is 2.28. The number of hydrogen-bond acceptors (Lipinski definition) is 3. The fourth-order valence-electron chi connectivity index (χ4n) is 2.63. The molecule has 162 valence electrons. The van der Waals surface area contributed by atoms with Crippen LogP contribution in [-0.2, 0) is 10.0 Å². The van der Waals surface area contributed by atoms with Crippen molar-refractivity contribution in [3.05, 3.63) is 81.3 Å². The lowest BCUT2D eigenvalue weighted by molar-refractivity contribution is 0.262. The number of carbonyl (C=O) groups excluding carboxylic acids is 1. The van der Waals surface area contributed by atoms with E-state index in [1.807, 2.05) is 0 Å². The first-order valence-electron chi connectivity index (χ1n) is 8.67. The number of benzene rings is 3. The molecule has 0 aliphatic rings. The maximum absolute atomic E-state index is 13.9. The second-order valence-corrected chi connectivity index (χ2v) is 9.36. The molecule has 0 atom stereocenters. The van der Waals surface area contributed by atoms with E-state index in [9.17, 15) is 22.0 Å². The third kappa shape index (κ3) is 5.72. The van der Waals surface area contributed by atoms with E-state index in [0.29, 0.717) is 22.3 Å². The summed E-state index contributed by atoms with van der Waals surface area (Å²) in [5.41, 5.74) is 0.651. The van der Waals surface area contributed by atoms with Gasteiger partial charge < -0.3 is 10.6 Å². The lowest BCUT2D eigenvalue weighted by atomic mass is 10.2. The monoisotopic (exact) mass is 529 g/mol. The van der Waals surface area contributed by atoms with Crippen LogP contribution < -0.4 is 15.4 Å². The van der Waals surface area contributed by atoms with Crippen molar-refractivity contribution in [2.45, 2.75) is 11.8 Å². The maximum Gasteiger partial charge on any atom is 0.323 e. The van der Waals surface area contributed by atoms with Gasteiger partial charge in [0.1, 0.15) is 5.82 Å². The minimum atomic E-state index is -3.97. The molecule has 0 saturated heterocycles. The number of anilines is 3. The normalized spacial score (nSPS) is 11.1. The molecule has 0 aliphatic carbocycles. The first kappa shape index (κ1) is 23.0. The Labute approximate surface area is 190 Å². The summed E-state index contributed by atoms with van der Waals surface area (Å²) in [6, 6.07) is 11.2. The Bertz CT molecular complexity index is 1230. The van der Waals surface area contributed by atoms with Gasteiger partial charge in [-0.25, -0.2) is 22.0 Å². The third-order valence-corrected chi connectivity index (χ3v) is 6.48. The van der Waals surface area contributed by atoms with E-state index in [4.69, 9.17) is 11.6 Å². The van der Waals surface area contributed by atoms with Gasteiger partial charge in [-0.3, -0.25) is 4.72 Å². The molecule has 3 rings (SSSR count). The summed E-state index contributed by atoms with van der Waals surface area (Å²) in [6.07, 6.45) is 0. The fraction of sp³-hybridized carbons (Fsp3) is 0.0500. The van der Waals surface area contributed by atoms with Crippen LogP contribution in [0.15, 0.2) is 64.0 Å². The van der Waals surface area contributed by atoms with Crippen molar-refractivity contribution in [1.82, 2.24) is 0 Å². The largest absolute Gasteiger partial charge is 0.323 e. The molecule has 11 heteroatoms. The molecule has 6 nitrogen and oxygen atoms in total. The molecule has 3 N–H and O–H groups in total. The van der Waals surface area contributed by atoms with E-state index < -0.39 is 27.7 Å². The van der Waals surface area contributed by atoms with Gasteiger partial charge in [0.05, 0.1) is 10.6 Å². The Balaban J connectivity index is 1.80. The summed E-state index contributed by atoms with van der Waals surface area (Å²) in [5.74, 6) is -1.78. The second kappa shape index (κ2) is 9.21. The molecule has 0 unspecified atom stereocenters. The number of aryl methyl sites for hydroxylation is 1. The number of halogens is 4. The highest BCUT2D eigenvalue weighted by atomic mass is 79.9. The molecule has 31 heavy (non-hydrogen) atoms. The predicted molar refractivity (Wildman–Crippen MR) is 120 cm³/mol. The summed E-state index contributed by atoms with van der Waals surface area (Å²) >= 11 is 8.79. The molecule has 0 bridgehead atoms. The van der Waals surface area contributed by atoms with E-state index in [1.54, 1.807) is 19.1 Å². The van der Waals surface area contributed by atoms with Crippen LogP contribution in [0, 0.1) is 18.6 Å². The lowest BCUT2D eigenvalue weighted by Gasteiger charge is -2.14. The highest BCUT2D eigenvalue weighted by molar-refractivity contribution is 9.10. The molecule has 0 aliphatic heterocycles. The average Bonchev–Trinajstić information content (AvgIpc) is 2.68. The molecule has 0 heterocycles. The van der Waals surface area contributed by atoms with Gasteiger partial charge >= 0.3 is 6.03 Å². The van der Waals surface area contributed by atoms with Crippen LogP contribution in [0.25, 0.3) is 0 Å². The van der Waals surface area contributed by atoms with Crippen LogP contribution >= 0.6 is 27.5 Å². The van der Waals surface area contributed by atoms with Gasteiger partial charge in [0, 0.05) is 26.9 Å². The number of rotatable bonds is 5. The highest BCUT2D eigenvalue weighted by Gasteiger charge is 2.19. The van der Waals surface area contributed by atoms with Crippen LogP contribution in [-0.4, -0.2) is 14.4 Å². The van der Waals surface area contributed by atoms with Crippen LogP contribution in [0.5, 0.6) is 0 Å². The second-order valence-electron chi connectivity index (χ2n) is 6.42. The molecular weight excluding hydrogens is 516 g/mol. The molecule has 0 fully saturated rings. The summed E-state index contributed by atoms with van der Waals surface area (Å²) in [7, 11) is -3.97. The Morgan fingerprint density at radius 2 is 1.61 bits per heavy atom. The minimum absolute atomic E-state index is 0.0134. The van der Waals surface area contributed by atoms with Gasteiger partial charge in [0.15, 0.2) is 5.82 Å². The topological polar surface area (TPSA) is 87.3 Å². The zero-order chi connectivity index (χ0) is 22.8. The summed E-state index contributed by atoms with van der Waals surface area (Å²) in [6.45, 7) is 1.60. The third-order valence-electron chi connectivity index (χ3n) is 4.08. The number of amides is 2. The number of carbonyl (C=O) groups is 1. The van der Waals surface area contributed by atoms with Crippen molar-refractivity contribution >= 4 is 60.6 Å². The van der Waals surface area contributed by atoms with Crippen molar-refractivity contribution in [2.24, 2.45) is 0 Å². The molecule has 0 spiro atoms. The quantitative estimate of drug-likeness (QED) is 0.371. The van der Waals surface area contributed by atoms with Crippen LogP contribution in [0.4, 0.5) is 30.6 Å². The Morgan fingerprint density at radius 1 is 0.968 bits per heavy atom. The van der Waals surface area contributed by atoms with Crippen molar-refractivity contribution in [2.75, 3.05) is 15.4 Å². The minimum Gasteiger partial charge on any atom is -0.308 e. The molecule has 2 amide bonds. The van der Waals surface area contributed by atoms with Gasteiger partial charge in [-0.15, -0.1) is 0 Å². The van der Waals surface area contributed by atoms with Crippen molar-refractivity contribution < 1.29 is 22.0 Å². The number of urea groups is 1. The van der Waals surface area contributed by atoms with Gasteiger partial charge in [-0.1, -0.05) is 17.7 Å². The van der Waals surface area contributed by atoms with Crippen LogP contribution in [0.2, 0.25) is 5.02 Å². The van der Waals surface area contributed by atoms with Crippen LogP contribution in [0.3, 0.4) is 0 Å². The van der Waals surface area contributed by atoms with E-state index in [0.717, 1.165) is 6.07 Å². The Morgan fingerprint density at radius 3 is 2.26 bits per heavy atom. The molecule has 3 aromatic rings. The van der Waals surface area contributed by atoms with Gasteiger partial charge in [-0.05, 0) is 70.9 Å². The summed E-state index contributed by atoms with van der Waals surface area (Å²) in [5, 5.41) is 5.14. The van der Waals surface area contributed by atoms with E-state index in [-0.39, 0.29) is 20.7 Å². The smallest absolute Gasteiger partial charge is 0.308 e. The zero-order valence-electron chi connectivity index (χ0n) is 15.8. The van der Waals surface area contributed by atoms with Gasteiger partial charge in [0.25, 0.3) is 10.0 Å². The first-order valence-corrected chi connectivity index (χ1v) is 11.3. The van der Waals surface area contributed by atoms with Crippen molar-refractivity contribution in [3.63, 3.8) is 0 Å². The SMILES string of the molecule is Cc1ccc(NC(=O)Nc2c(F)cc(F)cc2Br)cc1S(=O)(=O)Nc1ccc(Cl)cc1. The zero-order valence-corrected chi connectivity index (χ0v) is 19.0. The molecule has 0 aromatic heterocycles. The number of nitrogens with one attached hydrogen (secondary N) is 3. The lowest BCUT2D eigenvalue weighted by Crippen LogP contribution is -2.21. The van der Waals surface area contributed by atoms with Gasteiger partial charge in [-0.2, -0.15) is 0 Å². The number of sulfonamides is 1. The summed E-state index contributed by atoms with van der Waals surface area (Å²) in [4.78, 5) is 12.2. The standard InChI is InChI=1S/C20H15BrClF2N3O3S/c1-11-2-5-15(25-20(28)26-19-16(21)8-13(23)9-17(19)24)10-18(11)31(29,30)27-14-6-3-12(22)4-7-14/h2-10,27H,1H3,(H2,25,26,28). The first-order chi connectivity index (χ1) is 14.5. The Kier molecular flexibility index (Phi) is 6.83. The van der Waals surface area contributed by atoms with Crippen LogP contribution in [0.1, 0.15) is 5.56 Å². The van der Waals surface area contributed by atoms with E-state index in [2.05, 4.69) is 31.3 Å². The molecular formula is C20H15BrClF2N3O3S. The molecule has 0 saturated carbocycles. The molecule has 0 radical (unpaired) electrons. The Hall–Kier alpha value is -2.69.